The molecule has 1 atom stereocenters. The quantitative estimate of drug-likeness (QED) is 0.701. The monoisotopic (exact) mass is 470 g/mol. The lowest BCUT2D eigenvalue weighted by Gasteiger charge is -2.35. The number of piperazine rings is 1. The third-order valence-corrected chi connectivity index (χ3v) is 5.38. The molecule has 162 valence electrons. The van der Waals surface area contributed by atoms with Gasteiger partial charge in [0.15, 0.2) is 0 Å². The fourth-order valence-electron chi connectivity index (χ4n) is 3.09. The maximum absolute atomic E-state index is 13.5. The Morgan fingerprint density at radius 1 is 1.24 bits per heavy atom. The second-order valence-electron chi connectivity index (χ2n) is 6.33. The topological polar surface area (TPSA) is 57.3 Å². The molecule has 0 saturated carbocycles. The summed E-state index contributed by atoms with van der Waals surface area (Å²) in [5, 5.41) is 6.20. The summed E-state index contributed by atoms with van der Waals surface area (Å²) >= 11 is 1.18. The molecular formula is C18H23Cl2F3N4OS. The number of alkyl halides is 3. The summed E-state index contributed by atoms with van der Waals surface area (Å²) < 4.78 is 40.4. The van der Waals surface area contributed by atoms with Gasteiger partial charge in [0, 0.05) is 38.3 Å². The zero-order valence-corrected chi connectivity index (χ0v) is 18.1. The lowest BCUT2D eigenvalue weighted by molar-refractivity contribution is -0.183. The molecule has 1 unspecified atom stereocenters. The third kappa shape index (κ3) is 6.55. The van der Waals surface area contributed by atoms with Crippen molar-refractivity contribution in [2.45, 2.75) is 19.1 Å². The molecule has 11 heteroatoms. The average molecular weight is 471 g/mol. The molecule has 0 bridgehead atoms. The van der Waals surface area contributed by atoms with E-state index in [9.17, 15) is 18.0 Å². The van der Waals surface area contributed by atoms with Crippen LogP contribution in [0.15, 0.2) is 30.3 Å². The van der Waals surface area contributed by atoms with Crippen molar-refractivity contribution in [2.24, 2.45) is 0 Å². The summed E-state index contributed by atoms with van der Waals surface area (Å²) in [6.07, 6.45) is -4.41. The fourth-order valence-corrected chi connectivity index (χ4v) is 3.95. The predicted octanol–water partition coefficient (Wildman–Crippen LogP) is 3.53. The number of carbonyl (C=O) groups is 1. The summed E-state index contributed by atoms with van der Waals surface area (Å²) in [7, 11) is 0. The first-order valence-electron chi connectivity index (χ1n) is 8.69. The predicted molar refractivity (Wildman–Crippen MR) is 113 cm³/mol. The maximum Gasteiger partial charge on any atom is 0.405 e. The number of hydrogen-bond donors (Lipinski definition) is 2. The number of benzene rings is 1. The van der Waals surface area contributed by atoms with Crippen LogP contribution in [0.3, 0.4) is 0 Å². The highest BCUT2D eigenvalue weighted by Gasteiger charge is 2.44. The lowest BCUT2D eigenvalue weighted by atomic mass is 10.1. The van der Waals surface area contributed by atoms with Gasteiger partial charge in [-0.1, -0.05) is 30.3 Å². The zero-order chi connectivity index (χ0) is 19.4. The zero-order valence-electron chi connectivity index (χ0n) is 15.7. The van der Waals surface area contributed by atoms with Crippen LogP contribution in [0.4, 0.5) is 13.2 Å². The van der Waals surface area contributed by atoms with E-state index in [1.165, 1.54) is 16.2 Å². The van der Waals surface area contributed by atoms with Gasteiger partial charge in [-0.05, 0) is 6.92 Å². The molecule has 0 aliphatic carbocycles. The molecule has 5 nitrogen and oxygen atoms in total. The molecular weight excluding hydrogens is 448 g/mol. The summed E-state index contributed by atoms with van der Waals surface area (Å²) in [5.74, 6) is -0.524. The van der Waals surface area contributed by atoms with Crippen molar-refractivity contribution in [2.75, 3.05) is 32.7 Å². The number of hydrogen-bond acceptors (Lipinski definition) is 5. The SMILES string of the molecule is Cc1nc(-c2ccccc2)c(C(=O)NCC(N2CCNCC2)C(F)(F)F)s1.Cl.Cl. The van der Waals surface area contributed by atoms with E-state index in [-0.39, 0.29) is 24.8 Å². The second-order valence-corrected chi connectivity index (χ2v) is 7.53. The van der Waals surface area contributed by atoms with E-state index in [1.54, 1.807) is 6.92 Å². The van der Waals surface area contributed by atoms with Crippen molar-refractivity contribution in [3.63, 3.8) is 0 Å². The Hall–Kier alpha value is -1.39. The highest BCUT2D eigenvalue weighted by molar-refractivity contribution is 7.14. The minimum atomic E-state index is -4.41. The Bertz CT molecular complexity index is 783. The largest absolute Gasteiger partial charge is 0.405 e. The molecule has 0 radical (unpaired) electrons. The number of halogens is 5. The summed E-state index contributed by atoms with van der Waals surface area (Å²) in [6.45, 7) is 2.91. The highest BCUT2D eigenvalue weighted by atomic mass is 35.5. The van der Waals surface area contributed by atoms with Gasteiger partial charge in [-0.15, -0.1) is 36.2 Å². The molecule has 1 amide bonds. The van der Waals surface area contributed by atoms with Gasteiger partial charge in [-0.3, -0.25) is 9.69 Å². The molecule has 2 aromatic rings. The van der Waals surface area contributed by atoms with Crippen molar-refractivity contribution in [1.82, 2.24) is 20.5 Å². The standard InChI is InChI=1S/C18H21F3N4OS.2ClH/c1-12-24-15(13-5-3-2-4-6-13)16(27-12)17(26)23-11-14(18(19,20)21)25-9-7-22-8-10-25;;/h2-6,14,22H,7-11H2,1H3,(H,23,26);2*1H. The molecule has 1 saturated heterocycles. The molecule has 3 rings (SSSR count). The third-order valence-electron chi connectivity index (χ3n) is 4.41. The molecule has 29 heavy (non-hydrogen) atoms. The fraction of sp³-hybridized carbons (Fsp3) is 0.444. The van der Waals surface area contributed by atoms with Crippen LogP contribution in [0.2, 0.25) is 0 Å². The van der Waals surface area contributed by atoms with E-state index < -0.39 is 24.7 Å². The summed E-state index contributed by atoms with van der Waals surface area (Å²) in [6, 6.07) is 7.46. The molecule has 2 heterocycles. The molecule has 1 aliphatic heterocycles. The molecule has 1 aliphatic rings. The lowest BCUT2D eigenvalue weighted by Crippen LogP contribution is -2.57. The summed E-state index contributed by atoms with van der Waals surface area (Å²) in [5.41, 5.74) is 1.27. The molecule has 2 N–H and O–H groups in total. The Morgan fingerprint density at radius 3 is 2.45 bits per heavy atom. The maximum atomic E-state index is 13.5. The van der Waals surface area contributed by atoms with Crippen molar-refractivity contribution in [3.05, 3.63) is 40.2 Å². The van der Waals surface area contributed by atoms with Gasteiger partial charge in [0.2, 0.25) is 0 Å². The minimum Gasteiger partial charge on any atom is -0.349 e. The van der Waals surface area contributed by atoms with Crippen molar-refractivity contribution in [3.8, 4) is 11.3 Å². The van der Waals surface area contributed by atoms with Crippen LogP contribution in [-0.4, -0.2) is 60.7 Å². The molecule has 0 spiro atoms. The van der Waals surface area contributed by atoms with E-state index in [0.717, 1.165) is 5.56 Å². The Labute approximate surface area is 183 Å². The average Bonchev–Trinajstić information content (AvgIpc) is 3.04. The second kappa shape index (κ2) is 11.1. The van der Waals surface area contributed by atoms with Gasteiger partial charge in [0.05, 0.1) is 10.7 Å². The summed E-state index contributed by atoms with van der Waals surface area (Å²) in [4.78, 5) is 18.7. The van der Waals surface area contributed by atoms with Crippen molar-refractivity contribution >= 4 is 42.1 Å². The number of aryl methyl sites for hydroxylation is 1. The van der Waals surface area contributed by atoms with Gasteiger partial charge < -0.3 is 10.6 Å². The molecule has 1 fully saturated rings. The molecule has 1 aromatic carbocycles. The first kappa shape index (κ1) is 25.6. The number of nitrogens with one attached hydrogen (secondary N) is 2. The number of nitrogens with zero attached hydrogens (tertiary/aromatic N) is 2. The number of thiazole rings is 1. The van der Waals surface area contributed by atoms with E-state index in [4.69, 9.17) is 0 Å². The normalized spacial score (nSPS) is 15.7. The number of aromatic nitrogens is 1. The Kier molecular flexibility index (Phi) is 9.84. The first-order valence-corrected chi connectivity index (χ1v) is 9.50. The van der Waals surface area contributed by atoms with Gasteiger partial charge >= 0.3 is 6.18 Å². The first-order chi connectivity index (χ1) is 12.9. The highest BCUT2D eigenvalue weighted by Crippen LogP contribution is 2.29. The van der Waals surface area contributed by atoms with Gasteiger partial charge in [-0.25, -0.2) is 4.98 Å². The van der Waals surface area contributed by atoms with Crippen molar-refractivity contribution in [1.29, 1.82) is 0 Å². The van der Waals surface area contributed by atoms with Crippen molar-refractivity contribution < 1.29 is 18.0 Å². The van der Waals surface area contributed by atoms with Gasteiger partial charge in [-0.2, -0.15) is 13.2 Å². The number of rotatable bonds is 5. The molecule has 1 aromatic heterocycles. The van der Waals surface area contributed by atoms with E-state index >= 15 is 0 Å². The number of carbonyl (C=O) groups excluding carboxylic acids is 1. The van der Waals surface area contributed by atoms with E-state index in [1.807, 2.05) is 30.3 Å². The smallest absolute Gasteiger partial charge is 0.349 e. The van der Waals surface area contributed by atoms with Crippen LogP contribution in [0.5, 0.6) is 0 Å². The minimum absolute atomic E-state index is 0. The number of amides is 1. The van der Waals surface area contributed by atoms with Gasteiger partial charge in [0.1, 0.15) is 10.9 Å². The van der Waals surface area contributed by atoms with Crippen LogP contribution in [0.25, 0.3) is 11.3 Å². The Balaban J connectivity index is 0.00000210. The van der Waals surface area contributed by atoms with Crippen LogP contribution in [0.1, 0.15) is 14.7 Å². The van der Waals surface area contributed by atoms with Crippen LogP contribution in [0, 0.1) is 6.92 Å². The van der Waals surface area contributed by atoms with Crippen LogP contribution in [-0.2, 0) is 0 Å². The Morgan fingerprint density at radius 2 is 1.86 bits per heavy atom. The van der Waals surface area contributed by atoms with E-state index in [0.29, 0.717) is 41.8 Å². The van der Waals surface area contributed by atoms with Crippen LogP contribution < -0.4 is 10.6 Å². The van der Waals surface area contributed by atoms with E-state index in [2.05, 4.69) is 15.6 Å². The van der Waals surface area contributed by atoms with Crippen LogP contribution >= 0.6 is 36.2 Å². The van der Waals surface area contributed by atoms with Gasteiger partial charge in [0.25, 0.3) is 5.91 Å².